The maximum atomic E-state index is 6.49. The van der Waals surface area contributed by atoms with Gasteiger partial charge in [0.15, 0.2) is 0 Å². The third-order valence-corrected chi connectivity index (χ3v) is 11.4. The molecule has 0 amide bonds. The van der Waals surface area contributed by atoms with E-state index in [1.54, 1.807) is 17.4 Å². The molecule has 0 saturated carbocycles. The van der Waals surface area contributed by atoms with Crippen LogP contribution in [0.15, 0.2) is 199 Å². The SMILES string of the molecule is C=C/C=C\C(=C)C1=C(C=C)/C(C=C)=C(c2ccc(C(=C)/C=c3\c(=C)sc4c3ccc3ccc5c6ccccc6oc5c34)c3ccccc23)\C=C\CC\C=C\1. The molecule has 2 aromatic heterocycles. The van der Waals surface area contributed by atoms with E-state index in [1.165, 1.54) is 4.70 Å². The summed E-state index contributed by atoms with van der Waals surface area (Å²) in [5.41, 5.74) is 9.89. The van der Waals surface area contributed by atoms with Gasteiger partial charge in [-0.1, -0.05) is 167 Å². The zero-order valence-electron chi connectivity index (χ0n) is 30.3. The number of hydrogen-bond acceptors (Lipinski definition) is 2. The van der Waals surface area contributed by atoms with E-state index in [1.807, 2.05) is 36.4 Å². The highest BCUT2D eigenvalue weighted by atomic mass is 32.1. The van der Waals surface area contributed by atoms with Gasteiger partial charge in [-0.3, -0.25) is 0 Å². The van der Waals surface area contributed by atoms with Crippen LogP contribution in [0.2, 0.25) is 0 Å². The Bertz CT molecular complexity index is 3030. The van der Waals surface area contributed by atoms with Crippen molar-refractivity contribution in [2.75, 3.05) is 0 Å². The molecular formula is C52H40OS. The molecule has 0 unspecified atom stereocenters. The molecule has 0 saturated heterocycles. The van der Waals surface area contributed by atoms with Crippen LogP contribution in [0.1, 0.15) is 24.0 Å². The molecule has 5 aromatic carbocycles. The van der Waals surface area contributed by atoms with Crippen LogP contribution in [0.4, 0.5) is 0 Å². The fraction of sp³-hybridized carbons (Fsp3) is 0.0385. The summed E-state index contributed by atoms with van der Waals surface area (Å²) in [6, 6.07) is 30.0. The van der Waals surface area contributed by atoms with Crippen LogP contribution >= 0.6 is 11.3 Å². The van der Waals surface area contributed by atoms with Crippen molar-refractivity contribution >= 4 is 88.7 Å². The first kappa shape index (κ1) is 34.6. The summed E-state index contributed by atoms with van der Waals surface area (Å²) in [7, 11) is 0. The van der Waals surface area contributed by atoms with Gasteiger partial charge in [0.05, 0.1) is 0 Å². The first-order valence-corrected chi connectivity index (χ1v) is 19.0. The van der Waals surface area contributed by atoms with Gasteiger partial charge in [0.25, 0.3) is 0 Å². The number of benzene rings is 5. The van der Waals surface area contributed by atoms with E-state index in [4.69, 9.17) is 4.42 Å². The molecule has 2 heteroatoms. The molecule has 0 atom stereocenters. The van der Waals surface area contributed by atoms with Crippen molar-refractivity contribution in [2.45, 2.75) is 12.8 Å². The highest BCUT2D eigenvalue weighted by molar-refractivity contribution is 7.18. The summed E-state index contributed by atoms with van der Waals surface area (Å²) in [6.07, 6.45) is 22.4. The molecule has 2 heterocycles. The maximum Gasteiger partial charge on any atom is 0.144 e. The predicted molar refractivity (Wildman–Crippen MR) is 239 cm³/mol. The summed E-state index contributed by atoms with van der Waals surface area (Å²) in [5.74, 6) is 0. The minimum absolute atomic E-state index is 0.886. The number of hydrogen-bond donors (Lipinski definition) is 0. The van der Waals surface area contributed by atoms with Crippen molar-refractivity contribution in [2.24, 2.45) is 0 Å². The molecule has 1 aliphatic rings. The average Bonchev–Trinajstić information content (AvgIpc) is 3.74. The minimum Gasteiger partial charge on any atom is -0.455 e. The van der Waals surface area contributed by atoms with E-state index in [-0.39, 0.29) is 0 Å². The Balaban J connectivity index is 1.30. The van der Waals surface area contributed by atoms with Crippen molar-refractivity contribution in [3.63, 3.8) is 0 Å². The molecular weight excluding hydrogens is 673 g/mol. The number of furan rings is 1. The standard InChI is InChI=1S/C52H40OS/c1-7-10-19-33(4)39-20-13-11-12-14-21-41(38(9-3)37(39)8-2)44-31-30-40(42-22-15-16-23-43(42)44)34(5)32-48-35(6)54-52-47(48)29-27-36-26-28-46-45-24-17-18-25-49(45)53-51(46)50(36)52/h7-10,13-32H,1-6,11-12H2/b19-10-,20-13+,21-14+,39-37+,41-38+,48-32+. The van der Waals surface area contributed by atoms with E-state index in [9.17, 15) is 0 Å². The minimum atomic E-state index is 0.886. The second kappa shape index (κ2) is 14.5. The van der Waals surface area contributed by atoms with Crippen molar-refractivity contribution < 1.29 is 4.42 Å². The van der Waals surface area contributed by atoms with Gasteiger partial charge in [-0.05, 0) is 91.8 Å². The molecule has 260 valence electrons. The number of thiophene rings is 1. The first-order chi connectivity index (χ1) is 26.4. The molecule has 1 aliphatic carbocycles. The maximum absolute atomic E-state index is 6.49. The van der Waals surface area contributed by atoms with Gasteiger partial charge in [-0.2, -0.15) is 0 Å². The zero-order chi connectivity index (χ0) is 37.3. The van der Waals surface area contributed by atoms with Crippen molar-refractivity contribution in [1.29, 1.82) is 0 Å². The monoisotopic (exact) mass is 712 g/mol. The second-order valence-corrected chi connectivity index (χ2v) is 14.6. The molecule has 7 aromatic rings. The molecule has 0 N–H and O–H groups in total. The van der Waals surface area contributed by atoms with Crippen LogP contribution < -0.4 is 9.75 Å². The Hall–Kier alpha value is -6.48. The van der Waals surface area contributed by atoms with Gasteiger partial charge in [-0.25, -0.2) is 0 Å². The molecule has 0 spiro atoms. The van der Waals surface area contributed by atoms with Crippen LogP contribution in [0.3, 0.4) is 0 Å². The zero-order valence-corrected chi connectivity index (χ0v) is 31.1. The van der Waals surface area contributed by atoms with Crippen LogP contribution in [0.5, 0.6) is 0 Å². The van der Waals surface area contributed by atoms with Gasteiger partial charge in [0.1, 0.15) is 11.2 Å². The number of allylic oxidation sites excluding steroid dienone is 15. The van der Waals surface area contributed by atoms with E-state index in [0.717, 1.165) is 116 Å². The molecule has 0 aliphatic heterocycles. The third kappa shape index (κ3) is 5.91. The highest BCUT2D eigenvalue weighted by Gasteiger charge is 2.18. The Kier molecular flexibility index (Phi) is 9.29. The lowest BCUT2D eigenvalue weighted by atomic mass is 9.85. The highest BCUT2D eigenvalue weighted by Crippen LogP contribution is 2.39. The third-order valence-electron chi connectivity index (χ3n) is 10.3. The number of rotatable bonds is 8. The first-order valence-electron chi connectivity index (χ1n) is 18.2. The summed E-state index contributed by atoms with van der Waals surface area (Å²) < 4.78 is 8.67. The Labute approximate surface area is 320 Å². The number of fused-ring (bicyclic) bond motifs is 8. The van der Waals surface area contributed by atoms with E-state index in [0.29, 0.717) is 0 Å². The molecule has 1 nitrogen and oxygen atoms in total. The second-order valence-electron chi connectivity index (χ2n) is 13.5. The van der Waals surface area contributed by atoms with Crippen LogP contribution in [0, 0.1) is 0 Å². The Morgan fingerprint density at radius 2 is 1.39 bits per heavy atom. The summed E-state index contributed by atoms with van der Waals surface area (Å²) in [5, 5.41) is 9.04. The van der Waals surface area contributed by atoms with Gasteiger partial charge in [0, 0.05) is 36.0 Å². The number of para-hydroxylation sites is 1. The van der Waals surface area contributed by atoms with E-state index >= 15 is 0 Å². The quantitative estimate of drug-likeness (QED) is 0.143. The fourth-order valence-electron chi connectivity index (χ4n) is 7.72. The normalized spacial score (nSPS) is 18.2. The molecule has 0 bridgehead atoms. The molecule has 0 fully saturated rings. The lowest BCUT2D eigenvalue weighted by molar-refractivity contribution is 0.673. The summed E-state index contributed by atoms with van der Waals surface area (Å²) >= 11 is 1.71. The van der Waals surface area contributed by atoms with E-state index < -0.39 is 0 Å². The summed E-state index contributed by atoms with van der Waals surface area (Å²) in [4.78, 5) is 0. The lowest BCUT2D eigenvalue weighted by Gasteiger charge is -2.19. The Morgan fingerprint density at radius 3 is 2.15 bits per heavy atom. The van der Waals surface area contributed by atoms with Crippen molar-refractivity contribution in [1.82, 2.24) is 0 Å². The van der Waals surface area contributed by atoms with Crippen molar-refractivity contribution in [3.05, 3.63) is 216 Å². The van der Waals surface area contributed by atoms with Gasteiger partial charge >= 0.3 is 0 Å². The smallest absolute Gasteiger partial charge is 0.144 e. The largest absolute Gasteiger partial charge is 0.455 e. The van der Waals surface area contributed by atoms with Gasteiger partial charge in [-0.15, -0.1) is 11.3 Å². The van der Waals surface area contributed by atoms with Crippen molar-refractivity contribution in [3.8, 4) is 0 Å². The fourth-order valence-corrected chi connectivity index (χ4v) is 8.85. The molecule has 0 radical (unpaired) electrons. The predicted octanol–water partition coefficient (Wildman–Crippen LogP) is 13.6. The van der Waals surface area contributed by atoms with Crippen LogP contribution in [-0.2, 0) is 0 Å². The van der Waals surface area contributed by atoms with Crippen LogP contribution in [0.25, 0.3) is 77.4 Å². The molecule has 8 rings (SSSR count). The van der Waals surface area contributed by atoms with Gasteiger partial charge < -0.3 is 4.42 Å². The van der Waals surface area contributed by atoms with E-state index in [2.05, 4.69) is 143 Å². The van der Waals surface area contributed by atoms with Gasteiger partial charge in [0.2, 0.25) is 0 Å². The molecule has 54 heavy (non-hydrogen) atoms. The summed E-state index contributed by atoms with van der Waals surface area (Å²) in [6.45, 7) is 26.0. The van der Waals surface area contributed by atoms with Crippen LogP contribution in [-0.4, -0.2) is 0 Å². The lowest BCUT2D eigenvalue weighted by Crippen LogP contribution is -2.16. The average molecular weight is 713 g/mol. The Morgan fingerprint density at radius 1 is 0.685 bits per heavy atom. The topological polar surface area (TPSA) is 13.1 Å².